The molecule has 0 spiro atoms. The largest absolute Gasteiger partial charge is 0.427 e. The third kappa shape index (κ3) is 1.15. The molecule has 2 aromatic heterocycles. The summed E-state index contributed by atoms with van der Waals surface area (Å²) in [5.41, 5.74) is 1.39. The van der Waals surface area contributed by atoms with E-state index < -0.39 is 0 Å². The van der Waals surface area contributed by atoms with Crippen LogP contribution in [0.15, 0.2) is 18.4 Å². The molecule has 4 atom stereocenters. The molecule has 0 amide bonds. The van der Waals surface area contributed by atoms with E-state index in [0.29, 0.717) is 34.4 Å². The molecule has 2 saturated carbocycles. The summed E-state index contributed by atoms with van der Waals surface area (Å²) in [5, 5.41) is 1.12. The highest BCUT2D eigenvalue weighted by Gasteiger charge is 2.46. The molecule has 0 aliphatic heterocycles. The molecule has 4 bridgehead atoms. The highest BCUT2D eigenvalue weighted by Crippen LogP contribution is 2.57. The van der Waals surface area contributed by atoms with E-state index in [1.165, 1.54) is 0 Å². The van der Waals surface area contributed by atoms with E-state index in [1.807, 2.05) is 0 Å². The van der Waals surface area contributed by atoms with Gasteiger partial charge in [-0.25, -0.2) is 9.59 Å². The molecule has 22 heavy (non-hydrogen) atoms. The maximum absolute atomic E-state index is 12.7. The Labute approximate surface area is 126 Å². The molecule has 4 aliphatic carbocycles. The van der Waals surface area contributed by atoms with E-state index in [1.54, 1.807) is 0 Å². The topological polar surface area (TPSA) is 60.4 Å². The lowest BCUT2D eigenvalue weighted by atomic mass is 9.89. The minimum atomic E-state index is -0.307. The molecule has 2 heterocycles. The van der Waals surface area contributed by atoms with Crippen molar-refractivity contribution in [2.45, 2.75) is 62.2 Å². The van der Waals surface area contributed by atoms with Crippen LogP contribution in [-0.2, 0) is 0 Å². The summed E-state index contributed by atoms with van der Waals surface area (Å²) in [6.45, 7) is 0. The smallest absolute Gasteiger partial charge is 0.344 e. The Hall–Kier alpha value is -1.84. The van der Waals surface area contributed by atoms with Crippen LogP contribution < -0.4 is 11.3 Å². The van der Waals surface area contributed by atoms with Crippen LogP contribution in [0, 0.1) is 0 Å². The fourth-order valence-corrected chi connectivity index (χ4v) is 5.73. The van der Waals surface area contributed by atoms with Crippen LogP contribution in [0.4, 0.5) is 0 Å². The zero-order valence-electron chi connectivity index (χ0n) is 12.2. The van der Waals surface area contributed by atoms with Gasteiger partial charge in [-0.2, -0.15) is 0 Å². The number of fused-ring (bicyclic) bond motifs is 13. The molecule has 112 valence electrons. The van der Waals surface area contributed by atoms with Crippen LogP contribution in [0.5, 0.6) is 0 Å². The number of hydrogen-bond donors (Lipinski definition) is 0. The van der Waals surface area contributed by atoms with Crippen LogP contribution in [0.1, 0.15) is 84.8 Å². The molecule has 4 aliphatic rings. The van der Waals surface area contributed by atoms with Gasteiger partial charge in [-0.1, -0.05) is 0 Å². The van der Waals surface area contributed by atoms with Crippen LogP contribution in [-0.4, -0.2) is 0 Å². The second-order valence-electron chi connectivity index (χ2n) is 7.50. The molecule has 0 unspecified atom stereocenters. The van der Waals surface area contributed by atoms with Gasteiger partial charge in [-0.3, -0.25) is 0 Å². The molecule has 0 aromatic carbocycles. The average molecular weight is 296 g/mol. The quantitative estimate of drug-likeness (QED) is 0.746. The Balaban J connectivity index is 1.83. The predicted molar refractivity (Wildman–Crippen MR) is 79.7 cm³/mol. The van der Waals surface area contributed by atoms with E-state index in [9.17, 15) is 9.59 Å². The van der Waals surface area contributed by atoms with Crippen molar-refractivity contribution in [1.82, 2.24) is 0 Å². The average Bonchev–Trinajstić information content (AvgIpc) is 3.27. The minimum Gasteiger partial charge on any atom is -0.427 e. The maximum Gasteiger partial charge on any atom is 0.344 e. The third-order valence-corrected chi connectivity index (χ3v) is 6.56. The van der Waals surface area contributed by atoms with Gasteiger partial charge in [0.25, 0.3) is 0 Å². The molecule has 0 saturated heterocycles. The van der Waals surface area contributed by atoms with Gasteiger partial charge in [0.15, 0.2) is 0 Å². The van der Waals surface area contributed by atoms with E-state index in [0.717, 1.165) is 61.2 Å². The van der Waals surface area contributed by atoms with Crippen LogP contribution in [0.3, 0.4) is 0 Å². The van der Waals surface area contributed by atoms with Gasteiger partial charge < -0.3 is 8.83 Å². The molecular formula is C18H16O4. The Morgan fingerprint density at radius 1 is 0.636 bits per heavy atom. The molecule has 6 rings (SSSR count). The van der Waals surface area contributed by atoms with Gasteiger partial charge in [-0.05, 0) is 50.4 Å². The van der Waals surface area contributed by atoms with E-state index >= 15 is 0 Å². The summed E-state index contributed by atoms with van der Waals surface area (Å²) in [6, 6.07) is 0. The fraction of sp³-hybridized carbons (Fsp3) is 0.556. The Kier molecular flexibility index (Phi) is 1.89. The summed E-state index contributed by atoms with van der Waals surface area (Å²) in [6.07, 6.45) is 6.41. The monoisotopic (exact) mass is 296 g/mol. The first-order valence-electron chi connectivity index (χ1n) is 8.40. The van der Waals surface area contributed by atoms with E-state index in [4.69, 9.17) is 8.83 Å². The van der Waals surface area contributed by atoms with Crippen LogP contribution in [0.25, 0.3) is 10.8 Å². The van der Waals surface area contributed by atoms with Crippen molar-refractivity contribution >= 4 is 10.8 Å². The van der Waals surface area contributed by atoms with Crippen molar-refractivity contribution in [2.24, 2.45) is 0 Å². The van der Waals surface area contributed by atoms with Gasteiger partial charge in [0.05, 0.1) is 10.8 Å². The second-order valence-corrected chi connectivity index (χ2v) is 7.50. The summed E-state index contributed by atoms with van der Waals surface area (Å²) in [4.78, 5) is 25.3. The van der Waals surface area contributed by atoms with Gasteiger partial charge in [0, 0.05) is 23.0 Å². The lowest BCUT2D eigenvalue weighted by Crippen LogP contribution is -2.18. The van der Waals surface area contributed by atoms with Crippen molar-refractivity contribution in [3.63, 3.8) is 0 Å². The van der Waals surface area contributed by atoms with Crippen LogP contribution in [0.2, 0.25) is 0 Å². The van der Waals surface area contributed by atoms with Crippen molar-refractivity contribution in [3.8, 4) is 0 Å². The normalized spacial score (nSPS) is 33.6. The Morgan fingerprint density at radius 3 is 1.50 bits per heavy atom. The first kappa shape index (κ1) is 11.7. The van der Waals surface area contributed by atoms with E-state index in [2.05, 4.69) is 0 Å². The molecule has 2 fully saturated rings. The van der Waals surface area contributed by atoms with Crippen molar-refractivity contribution in [3.05, 3.63) is 43.5 Å². The standard InChI is InChI=1S/C18H16O4/c19-17-13-11-7-1-3-9(5-7)15(11)21-18(20)14(13)12-8-2-4-10(6-8)16(12)22-17/h7-10H,1-6H2/t7-,8-,9-,10-/m1/s1. The molecule has 2 aromatic rings. The van der Waals surface area contributed by atoms with Crippen molar-refractivity contribution in [1.29, 1.82) is 0 Å². The zero-order chi connectivity index (χ0) is 14.6. The highest BCUT2D eigenvalue weighted by molar-refractivity contribution is 5.89. The summed E-state index contributed by atoms with van der Waals surface area (Å²) in [7, 11) is 0. The molecular weight excluding hydrogens is 280 g/mol. The molecule has 0 N–H and O–H groups in total. The molecule has 4 heteroatoms. The SMILES string of the molecule is O=c1oc2c(c3c(=O)oc4c(c13)[C@@H]1CC[C@@H]4C1)[C@@H]1CC[C@@H]2C1. The third-order valence-electron chi connectivity index (χ3n) is 6.56. The molecule has 4 nitrogen and oxygen atoms in total. The maximum atomic E-state index is 12.7. The van der Waals surface area contributed by atoms with Gasteiger partial charge in [0.2, 0.25) is 0 Å². The molecule has 0 radical (unpaired) electrons. The van der Waals surface area contributed by atoms with Gasteiger partial charge >= 0.3 is 11.3 Å². The first-order valence-corrected chi connectivity index (χ1v) is 8.40. The first-order chi connectivity index (χ1) is 10.7. The summed E-state index contributed by atoms with van der Waals surface area (Å²) < 4.78 is 11.4. The summed E-state index contributed by atoms with van der Waals surface area (Å²) >= 11 is 0. The van der Waals surface area contributed by atoms with Crippen LogP contribution >= 0.6 is 0 Å². The van der Waals surface area contributed by atoms with Crippen molar-refractivity contribution in [2.75, 3.05) is 0 Å². The lowest BCUT2D eigenvalue weighted by Gasteiger charge is -2.19. The van der Waals surface area contributed by atoms with Gasteiger partial charge in [0.1, 0.15) is 11.5 Å². The predicted octanol–water partition coefficient (Wildman–Crippen LogP) is 3.48. The summed E-state index contributed by atoms with van der Waals surface area (Å²) in [5.74, 6) is 2.99. The number of rotatable bonds is 0. The lowest BCUT2D eigenvalue weighted by molar-refractivity contribution is 0.417. The number of hydrogen-bond acceptors (Lipinski definition) is 4. The Morgan fingerprint density at radius 2 is 1.05 bits per heavy atom. The Bertz CT molecular complexity index is 884. The van der Waals surface area contributed by atoms with Crippen molar-refractivity contribution < 1.29 is 8.83 Å². The fourth-order valence-electron chi connectivity index (χ4n) is 5.73. The van der Waals surface area contributed by atoms with Gasteiger partial charge in [-0.15, -0.1) is 0 Å². The zero-order valence-corrected chi connectivity index (χ0v) is 12.2. The minimum absolute atomic E-state index is 0.307. The highest BCUT2D eigenvalue weighted by atomic mass is 16.4. The second kappa shape index (κ2) is 3.55. The van der Waals surface area contributed by atoms with E-state index in [-0.39, 0.29) is 11.3 Å².